The molecule has 0 spiro atoms. The zero-order chi connectivity index (χ0) is 7.02. The lowest BCUT2D eigenvalue weighted by molar-refractivity contribution is -0.938. The maximum atomic E-state index is 5.62. The molecule has 0 aliphatic carbocycles. The second-order valence-corrected chi connectivity index (χ2v) is 2.77. The summed E-state index contributed by atoms with van der Waals surface area (Å²) in [5.41, 5.74) is 2.92. The molecule has 0 amide bonds. The van der Waals surface area contributed by atoms with Crippen LogP contribution < -0.4 is 16.3 Å². The van der Waals surface area contributed by atoms with Crippen molar-refractivity contribution < 1.29 is 5.01 Å². The summed E-state index contributed by atoms with van der Waals surface area (Å²) in [4.78, 5) is 0. The first kappa shape index (κ1) is 7.30. The van der Waals surface area contributed by atoms with Crippen molar-refractivity contribution in [2.75, 3.05) is 7.05 Å². The molecule has 0 radical (unpaired) electrons. The summed E-state index contributed by atoms with van der Waals surface area (Å²) in [6, 6.07) is 0. The summed E-state index contributed by atoms with van der Waals surface area (Å²) in [5, 5.41) is 2.76. The molecule has 1 aliphatic rings. The molecule has 0 saturated carbocycles. The lowest BCUT2D eigenvalue weighted by Crippen LogP contribution is -3.22. The Labute approximate surface area is 60.3 Å². The Morgan fingerprint density at radius 3 is 2.44 bits per heavy atom. The number of hydrogen-bond donors (Lipinski definition) is 3. The first-order chi connectivity index (χ1) is 4.13. The van der Waals surface area contributed by atoms with E-state index in [4.69, 9.17) is 18.5 Å². The molecule has 0 aromatic heterocycles. The van der Waals surface area contributed by atoms with E-state index in [0.29, 0.717) is 0 Å². The number of rotatable bonds is 0. The first-order valence-corrected chi connectivity index (χ1v) is 3.37. The third-order valence-electron chi connectivity index (χ3n) is 1.69. The van der Waals surface area contributed by atoms with Gasteiger partial charge in [0.05, 0.1) is 5.50 Å². The maximum absolute atomic E-state index is 5.62. The van der Waals surface area contributed by atoms with Crippen LogP contribution >= 0.6 is 0 Å². The SMILES string of the molecule is CC1N(C)NC([S-])[NH+]1N. The molecule has 0 bridgehead atoms. The van der Waals surface area contributed by atoms with Crippen molar-refractivity contribution in [2.24, 2.45) is 5.84 Å². The van der Waals surface area contributed by atoms with Crippen LogP contribution in [0.1, 0.15) is 6.92 Å². The molecule has 1 rings (SSSR count). The van der Waals surface area contributed by atoms with Gasteiger partial charge in [0.25, 0.3) is 0 Å². The molecule has 5 heteroatoms. The number of nitrogens with zero attached hydrogens (tertiary/aromatic N) is 1. The van der Waals surface area contributed by atoms with Crippen LogP contribution in [0.5, 0.6) is 0 Å². The van der Waals surface area contributed by atoms with Crippen LogP contribution in [0.25, 0.3) is 0 Å². The Balaban J connectivity index is 2.54. The third kappa shape index (κ3) is 1.20. The van der Waals surface area contributed by atoms with Gasteiger partial charge >= 0.3 is 0 Å². The predicted molar refractivity (Wildman–Crippen MR) is 36.7 cm³/mol. The van der Waals surface area contributed by atoms with E-state index in [0.717, 1.165) is 5.01 Å². The van der Waals surface area contributed by atoms with Crippen molar-refractivity contribution in [1.82, 2.24) is 10.4 Å². The van der Waals surface area contributed by atoms with E-state index in [1.54, 1.807) is 0 Å². The topological polar surface area (TPSA) is 45.7 Å². The number of hydrogen-bond acceptors (Lipinski definition) is 4. The molecule has 1 saturated heterocycles. The van der Waals surface area contributed by atoms with Gasteiger partial charge < -0.3 is 12.6 Å². The smallest absolute Gasteiger partial charge is 0.170 e. The molecular formula is C4H12N4S. The minimum atomic E-state index is -0.0787. The van der Waals surface area contributed by atoms with Crippen LogP contribution in [0.4, 0.5) is 0 Å². The Hall–Kier alpha value is 0.190. The molecule has 0 aromatic rings. The third-order valence-corrected chi connectivity index (χ3v) is 2.06. The van der Waals surface area contributed by atoms with Crippen molar-refractivity contribution in [3.05, 3.63) is 0 Å². The molecular weight excluding hydrogens is 136 g/mol. The Bertz CT molecular complexity index is 96.7. The predicted octanol–water partition coefficient (Wildman–Crippen LogP) is -2.63. The van der Waals surface area contributed by atoms with Gasteiger partial charge in [-0.2, -0.15) is 10.9 Å². The quantitative estimate of drug-likeness (QED) is 0.260. The van der Waals surface area contributed by atoms with Crippen LogP contribution in [0.3, 0.4) is 0 Å². The largest absolute Gasteiger partial charge is 0.707 e. The minimum Gasteiger partial charge on any atom is -0.707 e. The Kier molecular flexibility index (Phi) is 1.97. The molecule has 4 nitrogen and oxygen atoms in total. The molecule has 0 aromatic carbocycles. The average Bonchev–Trinajstić information content (AvgIpc) is 1.98. The molecule has 9 heavy (non-hydrogen) atoms. The normalized spacial score (nSPS) is 46.0. The standard InChI is InChI=1S/C4H12N4S/c1-3-7(2)6-4(9)8(3)5/h3-4,6,9H,5H2,1-2H3. The van der Waals surface area contributed by atoms with E-state index in [1.165, 1.54) is 0 Å². The van der Waals surface area contributed by atoms with Crippen molar-refractivity contribution in [1.29, 1.82) is 0 Å². The maximum Gasteiger partial charge on any atom is 0.170 e. The van der Waals surface area contributed by atoms with Crippen LogP contribution in [-0.2, 0) is 12.6 Å². The van der Waals surface area contributed by atoms with Gasteiger partial charge in [-0.25, -0.2) is 10.4 Å². The molecule has 4 N–H and O–H groups in total. The fourth-order valence-electron chi connectivity index (χ4n) is 0.814. The van der Waals surface area contributed by atoms with Gasteiger partial charge in [-0.3, -0.25) is 0 Å². The molecule has 3 atom stereocenters. The van der Waals surface area contributed by atoms with E-state index >= 15 is 0 Å². The monoisotopic (exact) mass is 148 g/mol. The fourth-order valence-corrected chi connectivity index (χ4v) is 1.18. The highest BCUT2D eigenvalue weighted by Gasteiger charge is 2.28. The van der Waals surface area contributed by atoms with E-state index < -0.39 is 0 Å². The van der Waals surface area contributed by atoms with Crippen molar-refractivity contribution in [2.45, 2.75) is 18.6 Å². The van der Waals surface area contributed by atoms with Crippen molar-refractivity contribution >= 4 is 12.6 Å². The number of nitrogens with two attached hydrogens (primary N) is 1. The van der Waals surface area contributed by atoms with Crippen LogP contribution in [0.2, 0.25) is 0 Å². The highest BCUT2D eigenvalue weighted by molar-refractivity contribution is 7.59. The summed E-state index contributed by atoms with van der Waals surface area (Å²) in [7, 11) is 1.93. The van der Waals surface area contributed by atoms with Gasteiger partial charge in [0, 0.05) is 14.0 Å². The van der Waals surface area contributed by atoms with Crippen LogP contribution in [0.15, 0.2) is 0 Å². The second kappa shape index (κ2) is 2.43. The van der Waals surface area contributed by atoms with Crippen molar-refractivity contribution in [3.8, 4) is 0 Å². The molecule has 1 aliphatic heterocycles. The lowest BCUT2D eigenvalue weighted by Gasteiger charge is -2.20. The Morgan fingerprint density at radius 1 is 1.78 bits per heavy atom. The Morgan fingerprint density at radius 2 is 2.33 bits per heavy atom. The molecule has 3 unspecified atom stereocenters. The highest BCUT2D eigenvalue weighted by Crippen LogP contribution is 1.87. The number of nitrogens with one attached hydrogen (secondary N) is 2. The summed E-state index contributed by atoms with van der Waals surface area (Å²) >= 11 is 4.96. The van der Waals surface area contributed by atoms with Gasteiger partial charge in [-0.1, -0.05) is 0 Å². The molecule has 1 fully saturated rings. The summed E-state index contributed by atoms with van der Waals surface area (Å²) in [5.74, 6) is 5.62. The minimum absolute atomic E-state index is 0.0787. The first-order valence-electron chi connectivity index (χ1n) is 2.90. The second-order valence-electron chi connectivity index (χ2n) is 2.30. The zero-order valence-corrected chi connectivity index (χ0v) is 6.40. The highest BCUT2D eigenvalue weighted by atomic mass is 32.1. The van der Waals surface area contributed by atoms with E-state index in [-0.39, 0.29) is 11.7 Å². The summed E-state index contributed by atoms with van der Waals surface area (Å²) in [6.45, 7) is 2.02. The van der Waals surface area contributed by atoms with Gasteiger partial charge in [-0.05, 0) is 0 Å². The summed E-state index contributed by atoms with van der Waals surface area (Å²) in [6.07, 6.45) is 0.271. The van der Waals surface area contributed by atoms with Crippen LogP contribution in [0, 0.1) is 0 Å². The van der Waals surface area contributed by atoms with E-state index in [2.05, 4.69) is 5.43 Å². The van der Waals surface area contributed by atoms with Gasteiger partial charge in [0.1, 0.15) is 0 Å². The van der Waals surface area contributed by atoms with E-state index in [9.17, 15) is 0 Å². The fraction of sp³-hybridized carbons (Fsp3) is 1.00. The average molecular weight is 148 g/mol. The summed E-state index contributed by atoms with van der Waals surface area (Å²) < 4.78 is 0. The molecule has 54 valence electrons. The van der Waals surface area contributed by atoms with Crippen LogP contribution in [-0.4, -0.2) is 23.7 Å². The number of quaternary nitrogens is 1. The van der Waals surface area contributed by atoms with Gasteiger partial charge in [0.15, 0.2) is 6.17 Å². The van der Waals surface area contributed by atoms with Gasteiger partial charge in [-0.15, -0.1) is 0 Å². The van der Waals surface area contributed by atoms with Crippen molar-refractivity contribution in [3.63, 3.8) is 0 Å². The zero-order valence-electron chi connectivity index (χ0n) is 5.59. The number of hydrazine groups is 1. The van der Waals surface area contributed by atoms with Gasteiger partial charge in [0.2, 0.25) is 0 Å². The van der Waals surface area contributed by atoms with E-state index in [1.807, 2.05) is 19.0 Å². The molecule has 1 heterocycles. The lowest BCUT2D eigenvalue weighted by atomic mass is 10.6.